The summed E-state index contributed by atoms with van der Waals surface area (Å²) in [6.45, 7) is 0.502. The Morgan fingerprint density at radius 3 is 3.06 bits per heavy atom. The Morgan fingerprint density at radius 1 is 1.44 bits per heavy atom. The van der Waals surface area contributed by atoms with Crippen LogP contribution in [-0.2, 0) is 16.0 Å². The molecule has 1 aromatic carbocycles. The highest BCUT2D eigenvalue weighted by atomic mass is 16.5. The minimum absolute atomic E-state index is 0.0882. The number of benzene rings is 1. The zero-order chi connectivity index (χ0) is 11.4. The van der Waals surface area contributed by atoms with Gasteiger partial charge in [0, 0.05) is 25.3 Å². The molecule has 1 aliphatic heterocycles. The Balaban J connectivity index is 2.01. The van der Waals surface area contributed by atoms with E-state index >= 15 is 0 Å². The molecule has 2 rings (SSSR count). The van der Waals surface area contributed by atoms with E-state index in [1.807, 2.05) is 24.3 Å². The van der Waals surface area contributed by atoms with Gasteiger partial charge in [0.1, 0.15) is 6.10 Å². The summed E-state index contributed by atoms with van der Waals surface area (Å²) in [6, 6.07) is 7.71. The largest absolute Gasteiger partial charge is 0.396 e. The van der Waals surface area contributed by atoms with Gasteiger partial charge in [-0.15, -0.1) is 0 Å². The number of rotatable bonds is 4. The van der Waals surface area contributed by atoms with Gasteiger partial charge < -0.3 is 15.2 Å². The molecule has 0 aliphatic carbocycles. The van der Waals surface area contributed by atoms with Crippen LogP contribution in [0.25, 0.3) is 0 Å². The average Bonchev–Trinajstić information content (AvgIpc) is 2.30. The van der Waals surface area contributed by atoms with Crippen molar-refractivity contribution in [2.45, 2.75) is 18.9 Å². The second kappa shape index (κ2) is 5.09. The van der Waals surface area contributed by atoms with Crippen LogP contribution in [0.1, 0.15) is 12.0 Å². The summed E-state index contributed by atoms with van der Waals surface area (Å²) in [5.41, 5.74) is 1.96. The lowest BCUT2D eigenvalue weighted by Crippen LogP contribution is -2.36. The van der Waals surface area contributed by atoms with E-state index in [-0.39, 0.29) is 12.5 Å². The molecule has 0 saturated carbocycles. The summed E-state index contributed by atoms with van der Waals surface area (Å²) in [4.78, 5) is 11.7. The Morgan fingerprint density at radius 2 is 2.25 bits per heavy atom. The third-order valence-electron chi connectivity index (χ3n) is 2.59. The van der Waals surface area contributed by atoms with Gasteiger partial charge in [-0.25, -0.2) is 0 Å². The molecule has 16 heavy (non-hydrogen) atoms. The van der Waals surface area contributed by atoms with Crippen molar-refractivity contribution in [3.8, 4) is 0 Å². The molecule has 0 fully saturated rings. The molecular formula is C12H15NO3. The fraction of sp³-hybridized carbons (Fsp3) is 0.417. The van der Waals surface area contributed by atoms with Gasteiger partial charge in [0.25, 0.3) is 5.91 Å². The molecule has 1 atom stereocenters. The molecule has 4 heteroatoms. The minimum Gasteiger partial charge on any atom is -0.396 e. The molecular weight excluding hydrogens is 206 g/mol. The van der Waals surface area contributed by atoms with E-state index in [1.165, 1.54) is 0 Å². The maximum absolute atomic E-state index is 11.7. The smallest absolute Gasteiger partial charge is 0.253 e. The summed E-state index contributed by atoms with van der Waals surface area (Å²) in [6.07, 6.45) is 0.736. The summed E-state index contributed by atoms with van der Waals surface area (Å²) < 4.78 is 5.42. The molecule has 2 N–H and O–H groups in total. The highest BCUT2D eigenvalue weighted by molar-refractivity contribution is 5.97. The predicted octanol–water partition coefficient (Wildman–Crippen LogP) is 0.949. The van der Waals surface area contributed by atoms with Gasteiger partial charge in [0.05, 0.1) is 0 Å². The maximum Gasteiger partial charge on any atom is 0.253 e. The Hall–Kier alpha value is -1.39. The normalized spacial score (nSPS) is 19.1. The first-order valence-electron chi connectivity index (χ1n) is 5.42. The molecule has 1 amide bonds. The number of anilines is 1. The van der Waals surface area contributed by atoms with E-state index in [4.69, 9.17) is 9.84 Å². The van der Waals surface area contributed by atoms with Crippen LogP contribution in [0.15, 0.2) is 24.3 Å². The molecule has 1 heterocycles. The average molecular weight is 221 g/mol. The summed E-state index contributed by atoms with van der Waals surface area (Å²) in [5.74, 6) is -0.100. The second-order valence-corrected chi connectivity index (χ2v) is 3.79. The summed E-state index contributed by atoms with van der Waals surface area (Å²) in [5, 5.41) is 11.4. The predicted molar refractivity (Wildman–Crippen MR) is 60.2 cm³/mol. The first-order valence-corrected chi connectivity index (χ1v) is 5.42. The van der Waals surface area contributed by atoms with Crippen molar-refractivity contribution in [1.82, 2.24) is 0 Å². The van der Waals surface area contributed by atoms with Crippen LogP contribution in [-0.4, -0.2) is 30.3 Å². The van der Waals surface area contributed by atoms with Crippen LogP contribution in [0.4, 0.5) is 5.69 Å². The van der Waals surface area contributed by atoms with Gasteiger partial charge >= 0.3 is 0 Å². The van der Waals surface area contributed by atoms with Crippen molar-refractivity contribution in [3.63, 3.8) is 0 Å². The highest BCUT2D eigenvalue weighted by Gasteiger charge is 2.26. The molecule has 0 radical (unpaired) electrons. The third kappa shape index (κ3) is 2.40. The topological polar surface area (TPSA) is 58.6 Å². The van der Waals surface area contributed by atoms with Crippen LogP contribution >= 0.6 is 0 Å². The van der Waals surface area contributed by atoms with E-state index in [9.17, 15) is 4.79 Å². The molecule has 1 aromatic rings. The molecule has 0 bridgehead atoms. The molecule has 86 valence electrons. The minimum atomic E-state index is -0.429. The number of para-hydroxylation sites is 1. The summed E-state index contributed by atoms with van der Waals surface area (Å²) in [7, 11) is 0. The molecule has 0 aromatic heterocycles. The Bertz CT molecular complexity index is 378. The van der Waals surface area contributed by atoms with E-state index in [1.54, 1.807) is 0 Å². The number of carbonyl (C=O) groups is 1. The Labute approximate surface area is 94.2 Å². The molecule has 0 saturated heterocycles. The maximum atomic E-state index is 11.7. The zero-order valence-electron chi connectivity index (χ0n) is 8.98. The lowest BCUT2D eigenvalue weighted by molar-refractivity contribution is -0.128. The lowest BCUT2D eigenvalue weighted by atomic mass is 10.0. The molecule has 1 aliphatic rings. The van der Waals surface area contributed by atoms with Crippen LogP contribution < -0.4 is 5.32 Å². The number of hydrogen-bond acceptors (Lipinski definition) is 3. The van der Waals surface area contributed by atoms with Gasteiger partial charge in [-0.2, -0.15) is 0 Å². The molecule has 0 spiro atoms. The molecule has 1 unspecified atom stereocenters. The highest BCUT2D eigenvalue weighted by Crippen LogP contribution is 2.23. The number of nitrogens with one attached hydrogen (secondary N) is 1. The van der Waals surface area contributed by atoms with Crippen LogP contribution in [0.5, 0.6) is 0 Å². The summed E-state index contributed by atoms with van der Waals surface area (Å²) >= 11 is 0. The number of fused-ring (bicyclic) bond motifs is 1. The van der Waals surface area contributed by atoms with Crippen molar-refractivity contribution >= 4 is 11.6 Å². The number of carbonyl (C=O) groups excluding carboxylic acids is 1. The van der Waals surface area contributed by atoms with Gasteiger partial charge in [0.15, 0.2) is 0 Å². The number of hydrogen-bond donors (Lipinski definition) is 2. The molecule has 4 nitrogen and oxygen atoms in total. The number of aliphatic hydroxyl groups is 1. The third-order valence-corrected chi connectivity index (χ3v) is 2.59. The quantitative estimate of drug-likeness (QED) is 0.744. The van der Waals surface area contributed by atoms with Gasteiger partial charge in [-0.05, 0) is 18.1 Å². The second-order valence-electron chi connectivity index (χ2n) is 3.79. The van der Waals surface area contributed by atoms with Crippen molar-refractivity contribution in [3.05, 3.63) is 29.8 Å². The van der Waals surface area contributed by atoms with Crippen LogP contribution in [0.2, 0.25) is 0 Å². The fourth-order valence-corrected chi connectivity index (χ4v) is 1.75. The van der Waals surface area contributed by atoms with Crippen molar-refractivity contribution < 1.29 is 14.6 Å². The SMILES string of the molecule is O=C1Nc2ccccc2CC1OCCCO. The van der Waals surface area contributed by atoms with Crippen LogP contribution in [0.3, 0.4) is 0 Å². The van der Waals surface area contributed by atoms with E-state index in [0.29, 0.717) is 19.4 Å². The number of aliphatic hydroxyl groups excluding tert-OH is 1. The van der Waals surface area contributed by atoms with Gasteiger partial charge in [-0.1, -0.05) is 18.2 Å². The van der Waals surface area contributed by atoms with Gasteiger partial charge in [0.2, 0.25) is 0 Å². The first-order chi connectivity index (χ1) is 7.81. The lowest BCUT2D eigenvalue weighted by Gasteiger charge is -2.24. The standard InChI is InChI=1S/C12H15NO3/c14-6-3-7-16-11-8-9-4-1-2-5-10(9)13-12(11)15/h1-2,4-5,11,14H,3,6-8H2,(H,13,15). The van der Waals surface area contributed by atoms with Crippen molar-refractivity contribution in [2.75, 3.05) is 18.5 Å². The number of ether oxygens (including phenoxy) is 1. The Kier molecular flexibility index (Phi) is 3.54. The monoisotopic (exact) mass is 221 g/mol. The fourth-order valence-electron chi connectivity index (χ4n) is 1.75. The van der Waals surface area contributed by atoms with Gasteiger partial charge in [-0.3, -0.25) is 4.79 Å². The van der Waals surface area contributed by atoms with E-state index in [0.717, 1.165) is 11.3 Å². The van der Waals surface area contributed by atoms with E-state index < -0.39 is 6.10 Å². The van der Waals surface area contributed by atoms with Crippen LogP contribution in [0, 0.1) is 0 Å². The van der Waals surface area contributed by atoms with Crippen molar-refractivity contribution in [1.29, 1.82) is 0 Å². The van der Waals surface area contributed by atoms with E-state index in [2.05, 4.69) is 5.32 Å². The zero-order valence-corrected chi connectivity index (χ0v) is 8.98. The first kappa shape index (κ1) is 11.1. The van der Waals surface area contributed by atoms with Crippen molar-refractivity contribution in [2.24, 2.45) is 0 Å². The number of amides is 1.